The molecule has 2 heterocycles. The van der Waals surface area contributed by atoms with Crippen LogP contribution in [0.1, 0.15) is 49.8 Å². The van der Waals surface area contributed by atoms with Gasteiger partial charge < -0.3 is 11.1 Å². The van der Waals surface area contributed by atoms with Crippen LogP contribution in [-0.2, 0) is 0 Å². The highest BCUT2D eigenvalue weighted by Gasteiger charge is 2.22. The molecule has 0 atom stereocenters. The van der Waals surface area contributed by atoms with Crippen molar-refractivity contribution in [3.63, 3.8) is 0 Å². The number of fused-ring (bicyclic) bond motifs is 1. The van der Waals surface area contributed by atoms with Crippen LogP contribution in [0.2, 0.25) is 0 Å². The summed E-state index contributed by atoms with van der Waals surface area (Å²) >= 11 is 0. The topological polar surface area (TPSA) is 85.8 Å². The van der Waals surface area contributed by atoms with Gasteiger partial charge in [0.05, 0.1) is 17.1 Å². The summed E-state index contributed by atoms with van der Waals surface area (Å²) in [6.07, 6.45) is 1.70. The molecule has 2 rings (SSSR count). The largest absolute Gasteiger partial charge is 0.346 e. The van der Waals surface area contributed by atoms with Crippen molar-refractivity contribution in [3.05, 3.63) is 23.5 Å². The smallest absolute Gasteiger partial charge is 0.252 e. The molecule has 3 N–H and O–H groups in total. The van der Waals surface area contributed by atoms with Crippen molar-refractivity contribution >= 4 is 16.9 Å². The molecule has 2 aromatic rings. The molecule has 114 valence electrons. The molecule has 6 nitrogen and oxygen atoms in total. The maximum atomic E-state index is 12.5. The molecule has 0 saturated carbocycles. The number of pyridine rings is 1. The van der Waals surface area contributed by atoms with Gasteiger partial charge in [0.1, 0.15) is 0 Å². The number of nitrogens with one attached hydrogen (secondary N) is 1. The summed E-state index contributed by atoms with van der Waals surface area (Å²) in [5.74, 6) is -0.149. The first-order chi connectivity index (χ1) is 9.75. The van der Waals surface area contributed by atoms with Gasteiger partial charge in [0.2, 0.25) is 0 Å². The van der Waals surface area contributed by atoms with Crippen molar-refractivity contribution in [2.45, 2.75) is 46.2 Å². The van der Waals surface area contributed by atoms with Crippen LogP contribution < -0.4 is 11.1 Å². The van der Waals surface area contributed by atoms with Gasteiger partial charge in [0.15, 0.2) is 5.65 Å². The standard InChI is InChI=1S/C15H23N5O/c1-9(2)20-13-12(7-17-20)11(6-10(3)18-13)14(21)19-15(4,5)8-16/h6-7,9H,8,16H2,1-5H3,(H,19,21). The summed E-state index contributed by atoms with van der Waals surface area (Å²) in [5, 5.41) is 8.06. The van der Waals surface area contributed by atoms with Crippen LogP contribution in [0.25, 0.3) is 11.0 Å². The summed E-state index contributed by atoms with van der Waals surface area (Å²) in [6, 6.07) is 1.98. The van der Waals surface area contributed by atoms with Gasteiger partial charge in [0, 0.05) is 23.8 Å². The molecular weight excluding hydrogens is 266 g/mol. The minimum absolute atomic E-state index is 0.149. The van der Waals surface area contributed by atoms with Gasteiger partial charge in [-0.25, -0.2) is 9.67 Å². The van der Waals surface area contributed by atoms with Gasteiger partial charge in [-0.1, -0.05) is 0 Å². The molecule has 0 spiro atoms. The molecule has 0 bridgehead atoms. The minimum Gasteiger partial charge on any atom is -0.346 e. The van der Waals surface area contributed by atoms with Gasteiger partial charge in [-0.2, -0.15) is 5.10 Å². The zero-order valence-corrected chi connectivity index (χ0v) is 13.3. The number of carbonyl (C=O) groups is 1. The highest BCUT2D eigenvalue weighted by atomic mass is 16.1. The lowest BCUT2D eigenvalue weighted by Crippen LogP contribution is -2.48. The third-order valence-corrected chi connectivity index (χ3v) is 3.39. The van der Waals surface area contributed by atoms with Crippen LogP contribution in [0, 0.1) is 6.92 Å². The van der Waals surface area contributed by atoms with E-state index in [2.05, 4.69) is 15.4 Å². The Morgan fingerprint density at radius 3 is 2.71 bits per heavy atom. The maximum Gasteiger partial charge on any atom is 0.252 e. The number of aromatic nitrogens is 3. The normalized spacial score (nSPS) is 12.1. The van der Waals surface area contributed by atoms with E-state index < -0.39 is 5.54 Å². The molecule has 0 fully saturated rings. The number of carbonyl (C=O) groups excluding carboxylic acids is 1. The molecular formula is C15H23N5O. The molecule has 0 unspecified atom stereocenters. The predicted molar refractivity (Wildman–Crippen MR) is 83.2 cm³/mol. The fourth-order valence-electron chi connectivity index (χ4n) is 2.13. The number of hydrogen-bond acceptors (Lipinski definition) is 4. The molecule has 6 heteroatoms. The number of aryl methyl sites for hydroxylation is 1. The number of hydrogen-bond donors (Lipinski definition) is 2. The van der Waals surface area contributed by atoms with E-state index in [1.165, 1.54) is 0 Å². The monoisotopic (exact) mass is 289 g/mol. The van der Waals surface area contributed by atoms with E-state index in [9.17, 15) is 4.79 Å². The van der Waals surface area contributed by atoms with Gasteiger partial charge in [-0.15, -0.1) is 0 Å². The summed E-state index contributed by atoms with van der Waals surface area (Å²) in [4.78, 5) is 17.0. The van der Waals surface area contributed by atoms with Gasteiger partial charge >= 0.3 is 0 Å². The van der Waals surface area contributed by atoms with Crippen LogP contribution in [0.15, 0.2) is 12.3 Å². The summed E-state index contributed by atoms with van der Waals surface area (Å²) in [5.41, 5.74) is 7.34. The third kappa shape index (κ3) is 3.05. The quantitative estimate of drug-likeness (QED) is 0.898. The summed E-state index contributed by atoms with van der Waals surface area (Å²) in [7, 11) is 0. The van der Waals surface area contributed by atoms with Crippen LogP contribution in [0.5, 0.6) is 0 Å². The van der Waals surface area contributed by atoms with Gasteiger partial charge in [-0.05, 0) is 40.7 Å². The van der Waals surface area contributed by atoms with E-state index in [4.69, 9.17) is 5.73 Å². The first-order valence-corrected chi connectivity index (χ1v) is 7.12. The zero-order valence-electron chi connectivity index (χ0n) is 13.3. The fraction of sp³-hybridized carbons (Fsp3) is 0.533. The third-order valence-electron chi connectivity index (χ3n) is 3.39. The average molecular weight is 289 g/mol. The maximum absolute atomic E-state index is 12.5. The summed E-state index contributed by atoms with van der Waals surface area (Å²) < 4.78 is 1.83. The zero-order chi connectivity index (χ0) is 15.8. The van der Waals surface area contributed by atoms with E-state index >= 15 is 0 Å². The van der Waals surface area contributed by atoms with Crippen molar-refractivity contribution in [3.8, 4) is 0 Å². The molecule has 0 aliphatic carbocycles. The van der Waals surface area contributed by atoms with Crippen molar-refractivity contribution in [2.24, 2.45) is 5.73 Å². The molecule has 0 aromatic carbocycles. The Balaban J connectivity index is 2.52. The number of nitrogens with zero attached hydrogens (tertiary/aromatic N) is 3. The second kappa shape index (κ2) is 5.44. The first kappa shape index (κ1) is 15.4. The Morgan fingerprint density at radius 1 is 1.48 bits per heavy atom. The Morgan fingerprint density at radius 2 is 2.14 bits per heavy atom. The molecule has 0 aliphatic heterocycles. The van der Waals surface area contributed by atoms with Crippen molar-refractivity contribution < 1.29 is 4.79 Å². The molecule has 2 aromatic heterocycles. The highest BCUT2D eigenvalue weighted by molar-refractivity contribution is 6.05. The van der Waals surface area contributed by atoms with Gasteiger partial charge in [-0.3, -0.25) is 4.79 Å². The van der Waals surface area contributed by atoms with Crippen molar-refractivity contribution in [2.75, 3.05) is 6.54 Å². The van der Waals surface area contributed by atoms with Crippen LogP contribution in [0.3, 0.4) is 0 Å². The highest BCUT2D eigenvalue weighted by Crippen LogP contribution is 2.21. The Labute approximate surface area is 124 Å². The first-order valence-electron chi connectivity index (χ1n) is 7.12. The van der Waals surface area contributed by atoms with Gasteiger partial charge in [0.25, 0.3) is 5.91 Å². The average Bonchev–Trinajstić information content (AvgIpc) is 2.80. The number of amides is 1. The van der Waals surface area contributed by atoms with E-state index in [1.54, 1.807) is 12.3 Å². The van der Waals surface area contributed by atoms with Crippen molar-refractivity contribution in [1.29, 1.82) is 0 Å². The molecule has 0 radical (unpaired) electrons. The minimum atomic E-state index is -0.450. The predicted octanol–water partition coefficient (Wildman–Crippen LogP) is 1.79. The summed E-state index contributed by atoms with van der Waals surface area (Å²) in [6.45, 7) is 10.1. The van der Waals surface area contributed by atoms with Crippen LogP contribution in [-0.4, -0.2) is 32.8 Å². The van der Waals surface area contributed by atoms with E-state index in [-0.39, 0.29) is 11.9 Å². The molecule has 0 aliphatic rings. The Bertz CT molecular complexity index is 672. The number of nitrogens with two attached hydrogens (primary N) is 1. The SMILES string of the molecule is Cc1cc(C(=O)NC(C)(C)CN)c2cnn(C(C)C)c2n1. The van der Waals surface area contributed by atoms with Crippen LogP contribution in [0.4, 0.5) is 0 Å². The van der Waals surface area contributed by atoms with E-state index in [1.807, 2.05) is 39.3 Å². The lowest BCUT2D eigenvalue weighted by Gasteiger charge is -2.24. The van der Waals surface area contributed by atoms with E-state index in [0.29, 0.717) is 12.1 Å². The fourth-order valence-corrected chi connectivity index (χ4v) is 2.13. The lowest BCUT2D eigenvalue weighted by atomic mass is 10.0. The number of rotatable bonds is 4. The second-order valence-electron chi connectivity index (χ2n) is 6.27. The molecule has 0 saturated heterocycles. The Kier molecular flexibility index (Phi) is 4.00. The second-order valence-corrected chi connectivity index (χ2v) is 6.27. The van der Waals surface area contributed by atoms with Crippen molar-refractivity contribution in [1.82, 2.24) is 20.1 Å². The van der Waals surface area contributed by atoms with E-state index in [0.717, 1.165) is 16.7 Å². The van der Waals surface area contributed by atoms with Crippen LogP contribution >= 0.6 is 0 Å². The molecule has 21 heavy (non-hydrogen) atoms. The Hall–Kier alpha value is -1.95. The molecule has 1 amide bonds. The lowest BCUT2D eigenvalue weighted by molar-refractivity contribution is 0.0917.